The molecule has 0 heterocycles. The molecule has 3 aromatic rings. The van der Waals surface area contributed by atoms with E-state index < -0.39 is 16.1 Å². The van der Waals surface area contributed by atoms with Crippen LogP contribution in [0.1, 0.15) is 22.7 Å². The molecule has 6 heteroatoms. The van der Waals surface area contributed by atoms with E-state index in [2.05, 4.69) is 20.7 Å². The molecular formula is C21H20BrNO3S. The Morgan fingerprint density at radius 2 is 1.63 bits per heavy atom. The SMILES string of the molecule is COc1ccc(Br)cc1S(=O)(=O)N[C@@H](c1ccccc1)c1ccccc1C. The van der Waals surface area contributed by atoms with E-state index in [1.54, 1.807) is 18.2 Å². The lowest BCUT2D eigenvalue weighted by Gasteiger charge is -2.22. The van der Waals surface area contributed by atoms with E-state index in [0.29, 0.717) is 10.2 Å². The summed E-state index contributed by atoms with van der Waals surface area (Å²) < 4.78 is 35.2. The molecule has 0 unspecified atom stereocenters. The van der Waals surface area contributed by atoms with Gasteiger partial charge in [0, 0.05) is 4.47 Å². The first kappa shape index (κ1) is 19.6. The van der Waals surface area contributed by atoms with Crippen molar-refractivity contribution in [1.82, 2.24) is 4.72 Å². The van der Waals surface area contributed by atoms with Gasteiger partial charge in [0.1, 0.15) is 10.6 Å². The van der Waals surface area contributed by atoms with E-state index in [4.69, 9.17) is 4.74 Å². The fraction of sp³-hybridized carbons (Fsp3) is 0.143. The molecule has 0 bridgehead atoms. The number of nitrogens with one attached hydrogen (secondary N) is 1. The van der Waals surface area contributed by atoms with Crippen LogP contribution in [0.3, 0.4) is 0 Å². The molecule has 0 aromatic heterocycles. The fourth-order valence-electron chi connectivity index (χ4n) is 2.95. The molecule has 0 aliphatic rings. The van der Waals surface area contributed by atoms with Crippen molar-refractivity contribution in [1.29, 1.82) is 0 Å². The van der Waals surface area contributed by atoms with E-state index in [0.717, 1.165) is 16.7 Å². The zero-order valence-electron chi connectivity index (χ0n) is 15.0. The van der Waals surface area contributed by atoms with Gasteiger partial charge < -0.3 is 4.74 Å². The van der Waals surface area contributed by atoms with Gasteiger partial charge in [-0.05, 0) is 41.8 Å². The molecule has 3 aromatic carbocycles. The Hall–Kier alpha value is -2.15. The van der Waals surface area contributed by atoms with Crippen LogP contribution in [0.4, 0.5) is 0 Å². The molecule has 1 atom stereocenters. The summed E-state index contributed by atoms with van der Waals surface area (Å²) >= 11 is 3.34. The molecule has 0 fully saturated rings. The number of sulfonamides is 1. The van der Waals surface area contributed by atoms with Crippen molar-refractivity contribution in [2.24, 2.45) is 0 Å². The maximum absolute atomic E-state index is 13.2. The second-order valence-corrected chi connectivity index (χ2v) is 8.71. The summed E-state index contributed by atoms with van der Waals surface area (Å²) in [5.74, 6) is 0.294. The normalized spacial score (nSPS) is 12.6. The van der Waals surface area contributed by atoms with Crippen LogP contribution < -0.4 is 9.46 Å². The third-order valence-electron chi connectivity index (χ3n) is 4.32. The van der Waals surface area contributed by atoms with Crippen molar-refractivity contribution in [3.63, 3.8) is 0 Å². The Morgan fingerprint density at radius 3 is 2.30 bits per heavy atom. The second kappa shape index (κ2) is 8.25. The number of halogens is 1. The van der Waals surface area contributed by atoms with Crippen molar-refractivity contribution in [2.45, 2.75) is 17.9 Å². The maximum Gasteiger partial charge on any atom is 0.245 e. The molecule has 140 valence electrons. The van der Waals surface area contributed by atoms with E-state index in [1.165, 1.54) is 7.11 Å². The molecule has 0 aliphatic heterocycles. The summed E-state index contributed by atoms with van der Waals surface area (Å²) in [7, 11) is -2.39. The molecule has 3 rings (SSSR count). The Labute approximate surface area is 168 Å². The van der Waals surface area contributed by atoms with E-state index in [9.17, 15) is 8.42 Å². The third kappa shape index (κ3) is 4.40. The van der Waals surface area contributed by atoms with Gasteiger partial charge in [0.15, 0.2) is 0 Å². The highest BCUT2D eigenvalue weighted by Crippen LogP contribution is 2.31. The third-order valence-corrected chi connectivity index (χ3v) is 6.26. The predicted molar refractivity (Wildman–Crippen MR) is 110 cm³/mol. The minimum absolute atomic E-state index is 0.0916. The molecule has 0 radical (unpaired) electrons. The van der Waals surface area contributed by atoms with Crippen molar-refractivity contribution >= 4 is 26.0 Å². The van der Waals surface area contributed by atoms with Gasteiger partial charge in [-0.2, -0.15) is 4.72 Å². The lowest BCUT2D eigenvalue weighted by molar-refractivity contribution is 0.402. The molecule has 0 saturated carbocycles. The number of rotatable bonds is 6. The molecule has 0 saturated heterocycles. The molecule has 0 amide bonds. The van der Waals surface area contributed by atoms with Crippen LogP contribution in [0.5, 0.6) is 5.75 Å². The lowest BCUT2D eigenvalue weighted by Crippen LogP contribution is -2.30. The highest BCUT2D eigenvalue weighted by Gasteiger charge is 2.26. The first-order valence-electron chi connectivity index (χ1n) is 8.39. The van der Waals surface area contributed by atoms with Crippen LogP contribution >= 0.6 is 15.9 Å². The first-order valence-corrected chi connectivity index (χ1v) is 10.7. The zero-order valence-corrected chi connectivity index (χ0v) is 17.4. The Bertz CT molecular complexity index is 1040. The molecule has 0 aliphatic carbocycles. The van der Waals surface area contributed by atoms with Gasteiger partial charge in [-0.15, -0.1) is 0 Å². The van der Waals surface area contributed by atoms with Crippen LogP contribution in [0.15, 0.2) is 82.2 Å². The first-order chi connectivity index (χ1) is 12.9. The number of benzene rings is 3. The smallest absolute Gasteiger partial charge is 0.245 e. The highest BCUT2D eigenvalue weighted by molar-refractivity contribution is 9.10. The van der Waals surface area contributed by atoms with Crippen LogP contribution in [0.25, 0.3) is 0 Å². The van der Waals surface area contributed by atoms with Gasteiger partial charge in [-0.25, -0.2) is 8.42 Å². The average Bonchev–Trinajstić information content (AvgIpc) is 2.67. The van der Waals surface area contributed by atoms with Crippen molar-refractivity contribution in [2.75, 3.05) is 7.11 Å². The highest BCUT2D eigenvalue weighted by atomic mass is 79.9. The summed E-state index contributed by atoms with van der Waals surface area (Å²) in [6.45, 7) is 1.97. The van der Waals surface area contributed by atoms with Gasteiger partial charge in [0.05, 0.1) is 13.2 Å². The van der Waals surface area contributed by atoms with Crippen LogP contribution in [0.2, 0.25) is 0 Å². The lowest BCUT2D eigenvalue weighted by atomic mass is 9.96. The molecule has 4 nitrogen and oxygen atoms in total. The molecule has 27 heavy (non-hydrogen) atoms. The number of methoxy groups -OCH3 is 1. The number of ether oxygens (including phenoxy) is 1. The summed E-state index contributed by atoms with van der Waals surface area (Å²) in [6, 6.07) is 21.7. The number of hydrogen-bond acceptors (Lipinski definition) is 3. The minimum Gasteiger partial charge on any atom is -0.495 e. The number of hydrogen-bond donors (Lipinski definition) is 1. The summed E-state index contributed by atoms with van der Waals surface area (Å²) in [5, 5.41) is 0. The van der Waals surface area contributed by atoms with Gasteiger partial charge in [-0.1, -0.05) is 70.5 Å². The van der Waals surface area contributed by atoms with Gasteiger partial charge in [0.2, 0.25) is 10.0 Å². The second-order valence-electron chi connectivity index (χ2n) is 6.12. The minimum atomic E-state index is -3.84. The van der Waals surface area contributed by atoms with E-state index in [1.807, 2.05) is 61.5 Å². The van der Waals surface area contributed by atoms with E-state index in [-0.39, 0.29) is 4.90 Å². The van der Waals surface area contributed by atoms with Gasteiger partial charge >= 0.3 is 0 Å². The van der Waals surface area contributed by atoms with Crippen molar-refractivity contribution in [3.8, 4) is 5.75 Å². The topological polar surface area (TPSA) is 55.4 Å². The van der Waals surface area contributed by atoms with Gasteiger partial charge in [-0.3, -0.25) is 0 Å². The van der Waals surface area contributed by atoms with Crippen LogP contribution in [-0.4, -0.2) is 15.5 Å². The average molecular weight is 446 g/mol. The standard InChI is InChI=1S/C21H20BrNO3S/c1-15-8-6-7-11-18(15)21(16-9-4-3-5-10-16)23-27(24,25)20-14-17(22)12-13-19(20)26-2/h3-14,21,23H,1-2H3/t21-/m0/s1. The van der Waals surface area contributed by atoms with E-state index >= 15 is 0 Å². The predicted octanol–water partition coefficient (Wildman–Crippen LogP) is 4.83. The Balaban J connectivity index is 2.10. The summed E-state index contributed by atoms with van der Waals surface area (Å²) in [6.07, 6.45) is 0. The quantitative estimate of drug-likeness (QED) is 0.590. The fourth-order valence-corrected chi connectivity index (χ4v) is 4.86. The van der Waals surface area contributed by atoms with Crippen molar-refractivity contribution < 1.29 is 13.2 Å². The molecule has 1 N–H and O–H groups in total. The summed E-state index contributed by atoms with van der Waals surface area (Å²) in [5.41, 5.74) is 2.78. The Morgan fingerprint density at radius 1 is 0.963 bits per heavy atom. The largest absolute Gasteiger partial charge is 0.495 e. The van der Waals surface area contributed by atoms with Gasteiger partial charge in [0.25, 0.3) is 0 Å². The molecular weight excluding hydrogens is 426 g/mol. The maximum atomic E-state index is 13.2. The number of aryl methyl sites for hydroxylation is 1. The zero-order chi connectivity index (χ0) is 19.4. The van der Waals surface area contributed by atoms with Crippen LogP contribution in [-0.2, 0) is 10.0 Å². The molecule has 0 spiro atoms. The summed E-state index contributed by atoms with van der Waals surface area (Å²) in [4.78, 5) is 0.0916. The van der Waals surface area contributed by atoms with Crippen LogP contribution in [0, 0.1) is 6.92 Å². The Kier molecular flexibility index (Phi) is 5.99. The monoisotopic (exact) mass is 445 g/mol. The van der Waals surface area contributed by atoms with Crippen molar-refractivity contribution in [3.05, 3.63) is 94.0 Å².